The van der Waals surface area contributed by atoms with E-state index >= 15 is 0 Å². The van der Waals surface area contributed by atoms with Crippen molar-refractivity contribution in [1.82, 2.24) is 4.98 Å². The number of Topliss-reactive ketones (excluding diaryl/α,β-unsaturated/α-hetero) is 1. The van der Waals surface area contributed by atoms with E-state index in [-0.39, 0.29) is 18.3 Å². The van der Waals surface area contributed by atoms with E-state index in [0.717, 1.165) is 0 Å². The zero-order valence-electron chi connectivity index (χ0n) is 7.57. The van der Waals surface area contributed by atoms with Gasteiger partial charge in [0.1, 0.15) is 0 Å². The highest BCUT2D eigenvalue weighted by Crippen LogP contribution is 2.16. The molecule has 1 heterocycles. The lowest BCUT2D eigenvalue weighted by atomic mass is 10.2. The van der Waals surface area contributed by atoms with Crippen LogP contribution in [0.25, 0.3) is 0 Å². The summed E-state index contributed by atoms with van der Waals surface area (Å²) in [4.78, 5) is 15.0. The molecule has 0 bridgehead atoms. The molecule has 0 aromatic carbocycles. The second kappa shape index (κ2) is 4.00. The highest BCUT2D eigenvalue weighted by molar-refractivity contribution is 5.96. The lowest BCUT2D eigenvalue weighted by Crippen LogP contribution is -2.02. The molecule has 1 aromatic rings. The van der Waals surface area contributed by atoms with E-state index in [1.807, 2.05) is 0 Å². The Bertz CT molecular complexity index is 323. The highest BCUT2D eigenvalue weighted by atomic mass is 16.5. The van der Waals surface area contributed by atoms with Crippen LogP contribution in [0.5, 0.6) is 5.88 Å². The zero-order valence-corrected chi connectivity index (χ0v) is 7.57. The number of rotatable bonds is 3. The van der Waals surface area contributed by atoms with E-state index in [2.05, 4.69) is 4.98 Å². The Morgan fingerprint density at radius 3 is 2.77 bits per heavy atom. The first-order chi connectivity index (χ1) is 6.19. The Morgan fingerprint density at radius 2 is 2.31 bits per heavy atom. The minimum absolute atomic E-state index is 0.103. The number of hydrogen-bond donors (Lipinski definition) is 1. The number of ketones is 1. The zero-order chi connectivity index (χ0) is 9.84. The monoisotopic (exact) mass is 181 g/mol. The molecule has 70 valence electrons. The Hall–Kier alpha value is -1.42. The molecule has 0 saturated carbocycles. The van der Waals surface area contributed by atoms with Crippen LogP contribution in [0.4, 0.5) is 0 Å². The van der Waals surface area contributed by atoms with Gasteiger partial charge in [0.25, 0.3) is 0 Å². The van der Waals surface area contributed by atoms with Gasteiger partial charge in [-0.15, -0.1) is 0 Å². The third kappa shape index (κ3) is 2.03. The van der Waals surface area contributed by atoms with E-state index in [1.165, 1.54) is 14.0 Å². The standard InChI is InChI=1S/C9H11NO3/c1-6(12)8-4-3-7(5-11)10-9(8)13-2/h3-4,11H,5H2,1-2H3. The summed E-state index contributed by atoms with van der Waals surface area (Å²) in [7, 11) is 1.44. The van der Waals surface area contributed by atoms with Gasteiger partial charge < -0.3 is 9.84 Å². The number of ether oxygens (including phenoxy) is 1. The van der Waals surface area contributed by atoms with Crippen molar-refractivity contribution in [2.24, 2.45) is 0 Å². The molecule has 0 aliphatic rings. The minimum atomic E-state index is -0.158. The third-order valence-corrected chi connectivity index (χ3v) is 1.65. The maximum Gasteiger partial charge on any atom is 0.224 e. The van der Waals surface area contributed by atoms with Crippen LogP contribution < -0.4 is 4.74 Å². The van der Waals surface area contributed by atoms with Crippen molar-refractivity contribution >= 4 is 5.78 Å². The normalized spacial score (nSPS) is 9.77. The van der Waals surface area contributed by atoms with Gasteiger partial charge in [-0.25, -0.2) is 4.98 Å². The molecule has 4 nitrogen and oxygen atoms in total. The molecule has 0 unspecified atom stereocenters. The molecule has 0 fully saturated rings. The molecular weight excluding hydrogens is 170 g/mol. The van der Waals surface area contributed by atoms with Crippen LogP contribution in [0.15, 0.2) is 12.1 Å². The van der Waals surface area contributed by atoms with Crippen molar-refractivity contribution in [1.29, 1.82) is 0 Å². The number of aliphatic hydroxyl groups is 1. The molecule has 0 atom stereocenters. The van der Waals surface area contributed by atoms with Crippen molar-refractivity contribution in [3.8, 4) is 5.88 Å². The Balaban J connectivity index is 3.15. The number of methoxy groups -OCH3 is 1. The smallest absolute Gasteiger partial charge is 0.224 e. The number of hydrogen-bond acceptors (Lipinski definition) is 4. The summed E-state index contributed by atoms with van der Waals surface area (Å²) in [5, 5.41) is 8.78. The first-order valence-electron chi connectivity index (χ1n) is 3.84. The van der Waals surface area contributed by atoms with Crippen LogP contribution in [0, 0.1) is 0 Å². The molecule has 0 aliphatic heterocycles. The summed E-state index contributed by atoms with van der Waals surface area (Å²) in [5.74, 6) is 0.160. The molecule has 0 amide bonds. The molecule has 13 heavy (non-hydrogen) atoms. The second-order valence-corrected chi connectivity index (χ2v) is 2.57. The second-order valence-electron chi connectivity index (χ2n) is 2.57. The molecule has 1 N–H and O–H groups in total. The van der Waals surface area contributed by atoms with Crippen LogP contribution >= 0.6 is 0 Å². The summed E-state index contributed by atoms with van der Waals surface area (Å²) < 4.78 is 4.91. The molecule has 0 radical (unpaired) electrons. The maximum atomic E-state index is 11.0. The predicted molar refractivity (Wildman–Crippen MR) is 46.7 cm³/mol. The number of carbonyl (C=O) groups is 1. The summed E-state index contributed by atoms with van der Waals surface area (Å²) >= 11 is 0. The molecule has 1 rings (SSSR count). The molecular formula is C9H11NO3. The molecule has 0 saturated heterocycles. The topological polar surface area (TPSA) is 59.4 Å². The number of aromatic nitrogens is 1. The van der Waals surface area contributed by atoms with Crippen molar-refractivity contribution in [2.45, 2.75) is 13.5 Å². The lowest BCUT2D eigenvalue weighted by molar-refractivity contribution is 0.101. The van der Waals surface area contributed by atoms with E-state index in [1.54, 1.807) is 12.1 Å². The number of carbonyl (C=O) groups excluding carboxylic acids is 1. The van der Waals surface area contributed by atoms with Crippen LogP contribution in [0.1, 0.15) is 23.0 Å². The maximum absolute atomic E-state index is 11.0. The van der Waals surface area contributed by atoms with E-state index < -0.39 is 0 Å². The van der Waals surface area contributed by atoms with Crippen molar-refractivity contribution in [3.63, 3.8) is 0 Å². The minimum Gasteiger partial charge on any atom is -0.480 e. The molecule has 1 aromatic heterocycles. The van der Waals surface area contributed by atoms with Crippen molar-refractivity contribution in [3.05, 3.63) is 23.4 Å². The van der Waals surface area contributed by atoms with Crippen LogP contribution in [-0.2, 0) is 6.61 Å². The SMILES string of the molecule is COc1nc(CO)ccc1C(C)=O. The van der Waals surface area contributed by atoms with Crippen LogP contribution in [0.2, 0.25) is 0 Å². The van der Waals surface area contributed by atoms with Gasteiger partial charge in [-0.05, 0) is 19.1 Å². The first kappa shape index (κ1) is 9.67. The summed E-state index contributed by atoms with van der Waals surface area (Å²) in [5.41, 5.74) is 0.918. The molecule has 4 heteroatoms. The number of pyridine rings is 1. The van der Waals surface area contributed by atoms with Gasteiger partial charge in [0.05, 0.1) is 25.0 Å². The van der Waals surface area contributed by atoms with Gasteiger partial charge in [-0.2, -0.15) is 0 Å². The predicted octanol–water partition coefficient (Wildman–Crippen LogP) is 0.785. The quantitative estimate of drug-likeness (QED) is 0.700. The van der Waals surface area contributed by atoms with Crippen molar-refractivity contribution < 1.29 is 14.6 Å². The summed E-state index contributed by atoms with van der Waals surface area (Å²) in [6, 6.07) is 3.19. The Kier molecular flexibility index (Phi) is 2.97. The third-order valence-electron chi connectivity index (χ3n) is 1.65. The van der Waals surface area contributed by atoms with Crippen LogP contribution in [-0.4, -0.2) is 23.0 Å². The van der Waals surface area contributed by atoms with E-state index in [4.69, 9.17) is 9.84 Å². The fourth-order valence-electron chi connectivity index (χ4n) is 0.990. The lowest BCUT2D eigenvalue weighted by Gasteiger charge is -2.05. The fraction of sp³-hybridized carbons (Fsp3) is 0.333. The van der Waals surface area contributed by atoms with Crippen LogP contribution in [0.3, 0.4) is 0 Å². The Morgan fingerprint density at radius 1 is 1.62 bits per heavy atom. The van der Waals surface area contributed by atoms with Crippen molar-refractivity contribution in [2.75, 3.05) is 7.11 Å². The van der Waals surface area contributed by atoms with Gasteiger partial charge in [-0.1, -0.05) is 0 Å². The largest absolute Gasteiger partial charge is 0.480 e. The molecule has 0 aliphatic carbocycles. The first-order valence-corrected chi connectivity index (χ1v) is 3.84. The number of nitrogens with zero attached hydrogens (tertiary/aromatic N) is 1. The van der Waals surface area contributed by atoms with E-state index in [9.17, 15) is 4.79 Å². The molecule has 0 spiro atoms. The average Bonchev–Trinajstić information content (AvgIpc) is 2.16. The highest BCUT2D eigenvalue weighted by Gasteiger charge is 2.09. The summed E-state index contributed by atoms with van der Waals surface area (Å²) in [6.45, 7) is 1.28. The Labute approximate surface area is 76.2 Å². The average molecular weight is 181 g/mol. The van der Waals surface area contributed by atoms with Gasteiger partial charge in [0.15, 0.2) is 5.78 Å². The number of aliphatic hydroxyl groups excluding tert-OH is 1. The van der Waals surface area contributed by atoms with Gasteiger partial charge in [0.2, 0.25) is 5.88 Å². The van der Waals surface area contributed by atoms with Gasteiger partial charge >= 0.3 is 0 Å². The fourth-order valence-corrected chi connectivity index (χ4v) is 0.990. The summed E-state index contributed by atoms with van der Waals surface area (Å²) in [6.07, 6.45) is 0. The van der Waals surface area contributed by atoms with Gasteiger partial charge in [-0.3, -0.25) is 4.79 Å². The van der Waals surface area contributed by atoms with Gasteiger partial charge in [0, 0.05) is 0 Å². The van der Waals surface area contributed by atoms with E-state index in [0.29, 0.717) is 11.3 Å².